The average Bonchev–Trinajstić information content (AvgIpc) is 2.46. The Morgan fingerprint density at radius 3 is 2.68 bits per heavy atom. The lowest BCUT2D eigenvalue weighted by Crippen LogP contribution is -2.27. The van der Waals surface area contributed by atoms with Crippen LogP contribution >= 0.6 is 0 Å². The molecule has 0 saturated carbocycles. The minimum atomic E-state index is -0.175. The Hall–Kier alpha value is -1.90. The summed E-state index contributed by atoms with van der Waals surface area (Å²) in [5.74, 6) is 0.0214. The van der Waals surface area contributed by atoms with Crippen molar-refractivity contribution in [3.8, 4) is 0 Å². The highest BCUT2D eigenvalue weighted by Crippen LogP contribution is 2.15. The lowest BCUT2D eigenvalue weighted by molar-refractivity contribution is -0.133. The Balaban J connectivity index is 2.11. The minimum Gasteiger partial charge on any atom is -0.315 e. The highest BCUT2D eigenvalue weighted by atomic mass is 16.2. The van der Waals surface area contributed by atoms with Crippen LogP contribution in [0.4, 0.5) is 0 Å². The molecule has 100 valence electrons. The summed E-state index contributed by atoms with van der Waals surface area (Å²) in [4.78, 5) is 25.6. The first kappa shape index (κ1) is 13.5. The fourth-order valence-electron chi connectivity index (χ4n) is 2.17. The number of hydrogen-bond donors (Lipinski definition) is 0. The number of rotatable bonds is 2. The van der Waals surface area contributed by atoms with Crippen molar-refractivity contribution in [2.24, 2.45) is 5.92 Å². The quantitative estimate of drug-likeness (QED) is 0.817. The lowest BCUT2D eigenvalue weighted by Gasteiger charge is -2.19. The Kier molecular flexibility index (Phi) is 4.50. The van der Waals surface area contributed by atoms with Crippen molar-refractivity contribution >= 4 is 11.7 Å². The molecule has 0 saturated heterocycles. The van der Waals surface area contributed by atoms with E-state index in [1.54, 1.807) is 4.90 Å². The van der Waals surface area contributed by atoms with Crippen LogP contribution in [0, 0.1) is 5.92 Å². The molecule has 0 fully saturated rings. The lowest BCUT2D eigenvalue weighted by atomic mass is 9.99. The number of allylic oxidation sites excluding steroid dienone is 1. The molecule has 0 aliphatic carbocycles. The molecule has 3 nitrogen and oxygen atoms in total. The van der Waals surface area contributed by atoms with E-state index >= 15 is 0 Å². The van der Waals surface area contributed by atoms with E-state index in [0.29, 0.717) is 25.8 Å². The maximum absolute atomic E-state index is 12.2. The van der Waals surface area contributed by atoms with Crippen molar-refractivity contribution in [3.05, 3.63) is 48.2 Å². The fraction of sp³-hybridized carbons (Fsp3) is 0.375. The summed E-state index contributed by atoms with van der Waals surface area (Å²) in [6.07, 6.45) is 5.28. The van der Waals surface area contributed by atoms with Gasteiger partial charge in [0.2, 0.25) is 5.91 Å². The van der Waals surface area contributed by atoms with E-state index in [9.17, 15) is 9.59 Å². The third-order valence-corrected chi connectivity index (χ3v) is 3.39. The van der Waals surface area contributed by atoms with Gasteiger partial charge in [0.25, 0.3) is 0 Å². The summed E-state index contributed by atoms with van der Waals surface area (Å²) >= 11 is 0. The van der Waals surface area contributed by atoms with Crippen LogP contribution < -0.4 is 0 Å². The van der Waals surface area contributed by atoms with E-state index < -0.39 is 0 Å². The monoisotopic (exact) mass is 257 g/mol. The molecule has 0 N–H and O–H groups in total. The number of hydrogen-bond acceptors (Lipinski definition) is 2. The molecule has 0 aromatic heterocycles. The Labute approximate surface area is 113 Å². The van der Waals surface area contributed by atoms with Gasteiger partial charge >= 0.3 is 0 Å². The van der Waals surface area contributed by atoms with Crippen LogP contribution in [0.15, 0.2) is 42.6 Å². The van der Waals surface area contributed by atoms with Gasteiger partial charge in [-0.05, 0) is 12.0 Å². The van der Waals surface area contributed by atoms with Crippen molar-refractivity contribution in [1.82, 2.24) is 4.90 Å². The molecule has 1 unspecified atom stereocenters. The molecule has 3 heteroatoms. The third-order valence-electron chi connectivity index (χ3n) is 3.39. The zero-order valence-corrected chi connectivity index (χ0v) is 11.2. The molecule has 2 rings (SSSR count). The molecular weight excluding hydrogens is 238 g/mol. The molecule has 1 aliphatic heterocycles. The Morgan fingerprint density at radius 2 is 1.95 bits per heavy atom. The van der Waals surface area contributed by atoms with Gasteiger partial charge in [-0.2, -0.15) is 0 Å². The predicted octanol–water partition coefficient (Wildman–Crippen LogP) is 2.92. The first-order chi connectivity index (χ1) is 9.16. The van der Waals surface area contributed by atoms with Crippen LogP contribution in [0.3, 0.4) is 0 Å². The second-order valence-electron chi connectivity index (χ2n) is 5.00. The van der Waals surface area contributed by atoms with Crippen molar-refractivity contribution < 1.29 is 9.59 Å². The van der Waals surface area contributed by atoms with Crippen LogP contribution in [0.5, 0.6) is 0 Å². The van der Waals surface area contributed by atoms with E-state index in [-0.39, 0.29) is 17.6 Å². The average molecular weight is 257 g/mol. The molecule has 1 atom stereocenters. The molecule has 19 heavy (non-hydrogen) atoms. The standard InChI is InChI=1S/C16H19NO2/c1-13-11-16(19)17(10-6-5-9-15(13)18)12-14-7-3-2-4-8-14/h2-4,6-8,10,13H,5,9,11-12H2,1H3/b10-6-. The molecule has 1 amide bonds. The van der Waals surface area contributed by atoms with Gasteiger partial charge in [-0.25, -0.2) is 0 Å². The topological polar surface area (TPSA) is 37.4 Å². The van der Waals surface area contributed by atoms with Crippen LogP contribution in [-0.2, 0) is 16.1 Å². The Morgan fingerprint density at radius 1 is 1.21 bits per heavy atom. The summed E-state index contributed by atoms with van der Waals surface area (Å²) in [6.45, 7) is 2.41. The second kappa shape index (κ2) is 6.32. The van der Waals surface area contributed by atoms with Gasteiger partial charge in [0, 0.05) is 25.0 Å². The molecule has 1 aliphatic rings. The van der Waals surface area contributed by atoms with Gasteiger partial charge in [0.1, 0.15) is 5.78 Å². The molecule has 1 heterocycles. The molecular formula is C16H19NO2. The number of carbonyl (C=O) groups excluding carboxylic acids is 2. The maximum atomic E-state index is 12.2. The van der Waals surface area contributed by atoms with Crippen LogP contribution in [0.2, 0.25) is 0 Å². The van der Waals surface area contributed by atoms with Crippen LogP contribution in [0.1, 0.15) is 31.7 Å². The number of benzene rings is 1. The molecule has 0 radical (unpaired) electrons. The molecule has 0 spiro atoms. The van der Waals surface area contributed by atoms with Crippen LogP contribution in [0.25, 0.3) is 0 Å². The van der Waals surface area contributed by atoms with Gasteiger partial charge < -0.3 is 4.90 Å². The summed E-state index contributed by atoms with van der Waals surface area (Å²) in [7, 11) is 0. The third kappa shape index (κ3) is 3.78. The molecule has 1 aromatic rings. The van der Waals surface area contributed by atoms with Gasteiger partial charge in [0.15, 0.2) is 0 Å². The number of ketones is 1. The van der Waals surface area contributed by atoms with Crippen LogP contribution in [-0.4, -0.2) is 16.6 Å². The van der Waals surface area contributed by atoms with E-state index in [1.165, 1.54) is 0 Å². The number of carbonyl (C=O) groups is 2. The van der Waals surface area contributed by atoms with Gasteiger partial charge in [-0.15, -0.1) is 0 Å². The van der Waals surface area contributed by atoms with Crippen molar-refractivity contribution in [3.63, 3.8) is 0 Å². The fourth-order valence-corrected chi connectivity index (χ4v) is 2.17. The smallest absolute Gasteiger partial charge is 0.227 e. The molecule has 0 bridgehead atoms. The normalized spacial score (nSPS) is 22.6. The summed E-state index contributed by atoms with van der Waals surface area (Å²) in [5, 5.41) is 0. The van der Waals surface area contributed by atoms with E-state index in [2.05, 4.69) is 0 Å². The number of nitrogens with zero attached hydrogens (tertiary/aromatic N) is 1. The van der Waals surface area contributed by atoms with Crippen molar-refractivity contribution in [2.45, 2.75) is 32.7 Å². The molecule has 1 aromatic carbocycles. The first-order valence-corrected chi connectivity index (χ1v) is 6.69. The largest absolute Gasteiger partial charge is 0.315 e. The van der Waals surface area contributed by atoms with Crippen molar-refractivity contribution in [2.75, 3.05) is 0 Å². The maximum Gasteiger partial charge on any atom is 0.227 e. The van der Waals surface area contributed by atoms with Gasteiger partial charge in [-0.3, -0.25) is 9.59 Å². The summed E-state index contributed by atoms with van der Waals surface area (Å²) < 4.78 is 0. The highest BCUT2D eigenvalue weighted by molar-refractivity contribution is 5.87. The van der Waals surface area contributed by atoms with E-state index in [0.717, 1.165) is 5.56 Å². The first-order valence-electron chi connectivity index (χ1n) is 6.69. The zero-order valence-electron chi connectivity index (χ0n) is 11.2. The Bertz CT molecular complexity index is 479. The highest BCUT2D eigenvalue weighted by Gasteiger charge is 2.21. The van der Waals surface area contributed by atoms with E-state index in [4.69, 9.17) is 0 Å². The van der Waals surface area contributed by atoms with Crippen molar-refractivity contribution in [1.29, 1.82) is 0 Å². The number of amides is 1. The summed E-state index contributed by atoms with van der Waals surface area (Å²) in [6, 6.07) is 9.89. The van der Waals surface area contributed by atoms with Gasteiger partial charge in [-0.1, -0.05) is 43.3 Å². The predicted molar refractivity (Wildman–Crippen MR) is 74.2 cm³/mol. The number of Topliss-reactive ketones (excluding diaryl/α,β-unsaturated/α-hetero) is 1. The summed E-state index contributed by atoms with van der Waals surface area (Å²) in [5.41, 5.74) is 1.10. The van der Waals surface area contributed by atoms with E-state index in [1.807, 2.05) is 49.5 Å². The minimum absolute atomic E-state index is 0.0165. The zero-order chi connectivity index (χ0) is 13.7. The second-order valence-corrected chi connectivity index (χ2v) is 5.00. The SMILES string of the molecule is CC1CC(=O)N(Cc2ccccc2)/C=C\CCC1=O. The van der Waals surface area contributed by atoms with Gasteiger partial charge in [0.05, 0.1) is 6.54 Å².